The first kappa shape index (κ1) is 17.7. The number of amides is 1. The highest BCUT2D eigenvalue weighted by molar-refractivity contribution is 7.89. The monoisotopic (exact) mass is 357 g/mol. The molecular formula is C20H23NO3S. The highest BCUT2D eigenvalue weighted by Crippen LogP contribution is 2.30. The summed E-state index contributed by atoms with van der Waals surface area (Å²) in [6.07, 6.45) is 4.56. The van der Waals surface area contributed by atoms with Crippen LogP contribution in [-0.2, 0) is 22.0 Å². The van der Waals surface area contributed by atoms with Gasteiger partial charge in [-0.15, -0.1) is 0 Å². The van der Waals surface area contributed by atoms with Crippen LogP contribution in [0.4, 0.5) is 0 Å². The number of sulfone groups is 1. The molecule has 0 fully saturated rings. The molecule has 0 saturated heterocycles. The molecule has 1 N–H and O–H groups in total. The lowest BCUT2D eigenvalue weighted by atomic mass is 9.83. The van der Waals surface area contributed by atoms with Gasteiger partial charge in [0, 0.05) is 24.3 Å². The summed E-state index contributed by atoms with van der Waals surface area (Å²) in [6, 6.07) is 15.2. The SMILES string of the molecule is CS(=O)(=O)Cc1ccc(C(=O)NCC2CCCc3ccccc32)cc1. The summed E-state index contributed by atoms with van der Waals surface area (Å²) in [6.45, 7) is 0.626. The number of fused-ring (bicyclic) bond motifs is 1. The van der Waals surface area contributed by atoms with Crippen LogP contribution in [0.2, 0.25) is 0 Å². The molecule has 1 amide bonds. The van der Waals surface area contributed by atoms with Crippen LogP contribution in [0.3, 0.4) is 0 Å². The molecule has 0 heterocycles. The fourth-order valence-electron chi connectivity index (χ4n) is 3.44. The Morgan fingerprint density at radius 2 is 1.84 bits per heavy atom. The summed E-state index contributed by atoms with van der Waals surface area (Å²) in [5.74, 6) is 0.237. The number of hydrogen-bond acceptors (Lipinski definition) is 3. The molecule has 1 unspecified atom stereocenters. The van der Waals surface area contributed by atoms with Crippen molar-refractivity contribution in [3.8, 4) is 0 Å². The average Bonchev–Trinajstić information content (AvgIpc) is 2.59. The number of aryl methyl sites for hydroxylation is 1. The van der Waals surface area contributed by atoms with Gasteiger partial charge in [0.2, 0.25) is 0 Å². The van der Waals surface area contributed by atoms with Gasteiger partial charge in [0.15, 0.2) is 9.84 Å². The van der Waals surface area contributed by atoms with E-state index in [1.807, 2.05) is 0 Å². The molecule has 0 aromatic heterocycles. The minimum atomic E-state index is -3.06. The van der Waals surface area contributed by atoms with Crippen molar-refractivity contribution in [2.75, 3.05) is 12.8 Å². The van der Waals surface area contributed by atoms with Gasteiger partial charge in [-0.25, -0.2) is 8.42 Å². The molecule has 0 saturated carbocycles. The number of nitrogens with one attached hydrogen (secondary N) is 1. The van der Waals surface area contributed by atoms with E-state index in [4.69, 9.17) is 0 Å². The Balaban J connectivity index is 1.62. The smallest absolute Gasteiger partial charge is 0.251 e. The lowest BCUT2D eigenvalue weighted by molar-refractivity contribution is 0.0950. The van der Waals surface area contributed by atoms with E-state index in [1.165, 1.54) is 17.4 Å². The van der Waals surface area contributed by atoms with Crippen LogP contribution in [0.25, 0.3) is 0 Å². The molecule has 3 rings (SSSR count). The first-order chi connectivity index (χ1) is 11.9. The summed E-state index contributed by atoms with van der Waals surface area (Å²) in [4.78, 5) is 12.4. The second kappa shape index (κ2) is 7.40. The van der Waals surface area contributed by atoms with Gasteiger partial charge in [-0.1, -0.05) is 36.4 Å². The third-order valence-electron chi connectivity index (χ3n) is 4.65. The molecule has 25 heavy (non-hydrogen) atoms. The van der Waals surface area contributed by atoms with E-state index in [0.717, 1.165) is 19.3 Å². The summed E-state index contributed by atoms with van der Waals surface area (Å²) in [7, 11) is -3.06. The summed E-state index contributed by atoms with van der Waals surface area (Å²) >= 11 is 0. The molecule has 1 aliphatic carbocycles. The predicted octanol–water partition coefficient (Wildman–Crippen LogP) is 3.08. The fourth-order valence-corrected chi connectivity index (χ4v) is 4.24. The van der Waals surface area contributed by atoms with Crippen molar-refractivity contribution in [2.24, 2.45) is 0 Å². The molecule has 132 valence electrons. The van der Waals surface area contributed by atoms with Gasteiger partial charge in [0.25, 0.3) is 5.91 Å². The maximum absolute atomic E-state index is 12.4. The van der Waals surface area contributed by atoms with Gasteiger partial charge in [-0.05, 0) is 48.1 Å². The highest BCUT2D eigenvalue weighted by atomic mass is 32.2. The standard InChI is InChI=1S/C20H23NO3S/c1-25(23,24)14-15-9-11-17(12-10-15)20(22)21-13-18-7-4-6-16-5-2-3-8-19(16)18/h2-3,5,8-12,18H,4,6-7,13-14H2,1H3,(H,21,22). The van der Waals surface area contributed by atoms with Crippen molar-refractivity contribution in [2.45, 2.75) is 30.9 Å². The second-order valence-corrected chi connectivity index (χ2v) is 8.91. The number of hydrogen-bond donors (Lipinski definition) is 1. The Bertz CT molecular complexity index is 857. The minimum absolute atomic E-state index is 0.00619. The number of carbonyl (C=O) groups excluding carboxylic acids is 1. The minimum Gasteiger partial charge on any atom is -0.351 e. The van der Waals surface area contributed by atoms with Gasteiger partial charge >= 0.3 is 0 Å². The first-order valence-electron chi connectivity index (χ1n) is 8.55. The summed E-state index contributed by atoms with van der Waals surface area (Å²) in [5, 5.41) is 3.02. The molecule has 0 bridgehead atoms. The van der Waals surface area contributed by atoms with Gasteiger partial charge in [-0.2, -0.15) is 0 Å². The van der Waals surface area contributed by atoms with E-state index >= 15 is 0 Å². The molecule has 5 heteroatoms. The lowest BCUT2D eigenvalue weighted by Gasteiger charge is -2.25. The Labute approximate surface area is 149 Å². The van der Waals surface area contributed by atoms with Crippen molar-refractivity contribution in [1.82, 2.24) is 5.32 Å². The molecule has 0 aliphatic heterocycles. The largest absolute Gasteiger partial charge is 0.351 e. The van der Waals surface area contributed by atoms with Crippen LogP contribution >= 0.6 is 0 Å². The first-order valence-corrected chi connectivity index (χ1v) is 10.6. The van der Waals surface area contributed by atoms with E-state index in [2.05, 4.69) is 29.6 Å². The quantitative estimate of drug-likeness (QED) is 0.894. The summed E-state index contributed by atoms with van der Waals surface area (Å²) < 4.78 is 22.6. The van der Waals surface area contributed by atoms with Crippen LogP contribution < -0.4 is 5.32 Å². The van der Waals surface area contributed by atoms with E-state index in [0.29, 0.717) is 23.6 Å². The maximum Gasteiger partial charge on any atom is 0.251 e. The van der Waals surface area contributed by atoms with Crippen LogP contribution in [0.1, 0.15) is 45.8 Å². The van der Waals surface area contributed by atoms with E-state index < -0.39 is 9.84 Å². The van der Waals surface area contributed by atoms with Gasteiger partial charge in [-0.3, -0.25) is 4.79 Å². The van der Waals surface area contributed by atoms with Crippen LogP contribution in [0, 0.1) is 0 Å². The van der Waals surface area contributed by atoms with Crippen LogP contribution in [-0.4, -0.2) is 27.1 Å². The zero-order valence-corrected chi connectivity index (χ0v) is 15.2. The highest BCUT2D eigenvalue weighted by Gasteiger charge is 2.20. The average molecular weight is 357 g/mol. The third kappa shape index (κ3) is 4.69. The second-order valence-electron chi connectivity index (χ2n) is 6.77. The van der Waals surface area contributed by atoms with Crippen LogP contribution in [0.15, 0.2) is 48.5 Å². The lowest BCUT2D eigenvalue weighted by Crippen LogP contribution is -2.29. The van der Waals surface area contributed by atoms with Gasteiger partial charge in [0.05, 0.1) is 5.75 Å². The van der Waals surface area contributed by atoms with Crippen molar-refractivity contribution < 1.29 is 13.2 Å². The Morgan fingerprint density at radius 1 is 1.12 bits per heavy atom. The maximum atomic E-state index is 12.4. The van der Waals surface area contributed by atoms with E-state index in [1.54, 1.807) is 24.3 Å². The Kier molecular flexibility index (Phi) is 5.23. The Morgan fingerprint density at radius 3 is 2.56 bits per heavy atom. The zero-order valence-electron chi connectivity index (χ0n) is 14.4. The van der Waals surface area contributed by atoms with Gasteiger partial charge in [0.1, 0.15) is 0 Å². The third-order valence-corrected chi connectivity index (χ3v) is 5.51. The molecule has 1 aliphatic rings. The molecule has 2 aromatic rings. The fraction of sp³-hybridized carbons (Fsp3) is 0.350. The van der Waals surface area contributed by atoms with Crippen molar-refractivity contribution in [1.29, 1.82) is 0 Å². The van der Waals surface area contributed by atoms with E-state index in [9.17, 15) is 13.2 Å². The van der Waals surface area contributed by atoms with Crippen molar-refractivity contribution >= 4 is 15.7 Å². The molecule has 2 aromatic carbocycles. The molecule has 1 atom stereocenters. The molecule has 0 radical (unpaired) electrons. The van der Waals surface area contributed by atoms with E-state index in [-0.39, 0.29) is 11.7 Å². The van der Waals surface area contributed by atoms with Crippen molar-refractivity contribution in [3.05, 3.63) is 70.8 Å². The topological polar surface area (TPSA) is 63.2 Å². The summed E-state index contributed by atoms with van der Waals surface area (Å²) in [5.41, 5.74) is 3.98. The van der Waals surface area contributed by atoms with Crippen LogP contribution in [0.5, 0.6) is 0 Å². The molecular weight excluding hydrogens is 334 g/mol. The van der Waals surface area contributed by atoms with Crippen molar-refractivity contribution in [3.63, 3.8) is 0 Å². The zero-order chi connectivity index (χ0) is 17.9. The molecule has 0 spiro atoms. The Hall–Kier alpha value is -2.14. The number of benzene rings is 2. The number of rotatable bonds is 5. The number of carbonyl (C=O) groups is 1. The van der Waals surface area contributed by atoms with Gasteiger partial charge < -0.3 is 5.32 Å². The predicted molar refractivity (Wildman–Crippen MR) is 99.4 cm³/mol. The normalized spacial score (nSPS) is 16.9. The molecule has 4 nitrogen and oxygen atoms in total.